The number of hydrogen-bond acceptors (Lipinski definition) is 5. The number of nitrogens with zero attached hydrogens (tertiary/aromatic N) is 1. The van der Waals surface area contributed by atoms with Crippen LogP contribution in [0.15, 0.2) is 90.3 Å². The predicted molar refractivity (Wildman–Crippen MR) is 135 cm³/mol. The van der Waals surface area contributed by atoms with Gasteiger partial charge >= 0.3 is 0 Å². The van der Waals surface area contributed by atoms with Crippen LogP contribution in [-0.2, 0) is 20.0 Å². The van der Waals surface area contributed by atoms with E-state index in [2.05, 4.69) is 16.6 Å². The Balaban J connectivity index is 1.70. The summed E-state index contributed by atoms with van der Waals surface area (Å²) in [4.78, 5) is 12.6. The Labute approximate surface area is 204 Å². The Hall–Kier alpha value is -3.34. The molecule has 0 fully saturated rings. The zero-order valence-corrected chi connectivity index (χ0v) is 20.5. The molecule has 0 atom stereocenters. The Morgan fingerprint density at radius 3 is 2.18 bits per heavy atom. The first-order valence-electron chi connectivity index (χ1n) is 9.88. The fourth-order valence-corrected chi connectivity index (χ4v) is 5.14. The molecule has 34 heavy (non-hydrogen) atoms. The maximum Gasteiger partial charge on any atom is 0.261 e. The molecular formula is C23H22ClN3O5S2. The highest BCUT2D eigenvalue weighted by Gasteiger charge is 2.17. The van der Waals surface area contributed by atoms with E-state index in [0.717, 1.165) is 10.6 Å². The molecule has 3 aromatic rings. The summed E-state index contributed by atoms with van der Waals surface area (Å²) >= 11 is 5.89. The summed E-state index contributed by atoms with van der Waals surface area (Å²) < 4.78 is 52.6. The van der Waals surface area contributed by atoms with Crippen LogP contribution < -0.4 is 14.3 Å². The number of amides is 1. The molecule has 0 spiro atoms. The first-order valence-corrected chi connectivity index (χ1v) is 13.6. The number of rotatable bonds is 9. The topological polar surface area (TPSA) is 113 Å². The van der Waals surface area contributed by atoms with Crippen LogP contribution in [0.2, 0.25) is 5.02 Å². The van der Waals surface area contributed by atoms with Crippen LogP contribution in [0.3, 0.4) is 0 Å². The molecule has 0 heterocycles. The van der Waals surface area contributed by atoms with Gasteiger partial charge in [0, 0.05) is 16.3 Å². The van der Waals surface area contributed by atoms with Crippen molar-refractivity contribution in [3.8, 4) is 0 Å². The lowest BCUT2D eigenvalue weighted by atomic mass is 10.2. The van der Waals surface area contributed by atoms with Gasteiger partial charge in [-0.3, -0.25) is 13.8 Å². The highest BCUT2D eigenvalue weighted by atomic mass is 35.5. The third-order valence-electron chi connectivity index (χ3n) is 4.61. The molecule has 3 rings (SSSR count). The van der Waals surface area contributed by atoms with Gasteiger partial charge in [0.2, 0.25) is 10.0 Å². The summed E-state index contributed by atoms with van der Waals surface area (Å²) in [5.74, 6) is -0.436. The summed E-state index contributed by atoms with van der Waals surface area (Å²) in [7, 11) is -7.34. The molecule has 0 aliphatic heterocycles. The van der Waals surface area contributed by atoms with Crippen molar-refractivity contribution in [2.24, 2.45) is 0 Å². The minimum Gasteiger partial charge on any atom is -0.322 e. The molecule has 0 aliphatic carbocycles. The summed E-state index contributed by atoms with van der Waals surface area (Å²) in [6.07, 6.45) is 2.56. The van der Waals surface area contributed by atoms with Crippen molar-refractivity contribution < 1.29 is 21.6 Å². The number of nitrogens with one attached hydrogen (secondary N) is 2. The first kappa shape index (κ1) is 25.3. The predicted octanol–water partition coefficient (Wildman–Crippen LogP) is 4.35. The maximum atomic E-state index is 12.6. The fourth-order valence-electron chi connectivity index (χ4n) is 3.02. The highest BCUT2D eigenvalue weighted by molar-refractivity contribution is 7.92. The standard InChI is InChI=1S/C23H22ClN3O5S2/c1-3-15-27(33(2,29)30)21-11-7-17(8-12-21)23(28)25-19-9-13-22(14-10-19)34(31,32)26-20-6-4-5-18(24)16-20/h3-14,16,26H,1,15H2,2H3,(H,25,28). The molecule has 8 nitrogen and oxygen atoms in total. The molecule has 0 radical (unpaired) electrons. The largest absolute Gasteiger partial charge is 0.322 e. The van der Waals surface area contributed by atoms with Crippen molar-refractivity contribution in [1.29, 1.82) is 0 Å². The van der Waals surface area contributed by atoms with Gasteiger partial charge < -0.3 is 5.32 Å². The van der Waals surface area contributed by atoms with Gasteiger partial charge in [0.25, 0.3) is 15.9 Å². The fraction of sp³-hybridized carbons (Fsp3) is 0.0870. The molecule has 0 unspecified atom stereocenters. The van der Waals surface area contributed by atoms with E-state index in [0.29, 0.717) is 27.6 Å². The molecule has 3 aromatic carbocycles. The van der Waals surface area contributed by atoms with Gasteiger partial charge in [0.15, 0.2) is 0 Å². The minimum atomic E-state index is -3.84. The summed E-state index contributed by atoms with van der Waals surface area (Å²) in [6.45, 7) is 3.66. The number of carbonyl (C=O) groups is 1. The van der Waals surface area contributed by atoms with Crippen LogP contribution in [-0.4, -0.2) is 35.5 Å². The monoisotopic (exact) mass is 519 g/mol. The zero-order valence-electron chi connectivity index (χ0n) is 18.1. The normalized spacial score (nSPS) is 11.5. The Morgan fingerprint density at radius 2 is 1.62 bits per heavy atom. The first-order chi connectivity index (χ1) is 16.0. The molecule has 0 aromatic heterocycles. The van der Waals surface area contributed by atoms with E-state index in [1.165, 1.54) is 60.7 Å². The van der Waals surface area contributed by atoms with Crippen molar-refractivity contribution in [3.05, 3.63) is 96.0 Å². The van der Waals surface area contributed by atoms with Crippen molar-refractivity contribution in [1.82, 2.24) is 0 Å². The summed E-state index contributed by atoms with van der Waals surface area (Å²) in [6, 6.07) is 18.0. The molecule has 11 heteroatoms. The van der Waals surface area contributed by atoms with Crippen molar-refractivity contribution in [3.63, 3.8) is 0 Å². The average Bonchev–Trinajstić information content (AvgIpc) is 2.77. The highest BCUT2D eigenvalue weighted by Crippen LogP contribution is 2.22. The minimum absolute atomic E-state index is 0.0120. The quantitative estimate of drug-likeness (QED) is 0.408. The number of benzene rings is 3. The smallest absolute Gasteiger partial charge is 0.261 e. The van der Waals surface area contributed by atoms with Gasteiger partial charge in [-0.15, -0.1) is 6.58 Å². The SMILES string of the molecule is C=CCN(c1ccc(C(=O)Nc2ccc(S(=O)(=O)Nc3cccc(Cl)c3)cc2)cc1)S(C)(=O)=O. The van der Waals surface area contributed by atoms with Crippen LogP contribution >= 0.6 is 11.6 Å². The van der Waals surface area contributed by atoms with Crippen molar-refractivity contribution >= 4 is 54.6 Å². The molecule has 0 saturated heterocycles. The second-order valence-electron chi connectivity index (χ2n) is 7.22. The summed E-state index contributed by atoms with van der Waals surface area (Å²) in [5.41, 5.74) is 1.42. The van der Waals surface area contributed by atoms with E-state index in [1.54, 1.807) is 18.2 Å². The van der Waals surface area contributed by atoms with Gasteiger partial charge in [-0.05, 0) is 66.7 Å². The molecule has 0 bridgehead atoms. The van der Waals surface area contributed by atoms with Crippen LogP contribution in [0, 0.1) is 0 Å². The van der Waals surface area contributed by atoms with Crippen molar-refractivity contribution in [2.45, 2.75) is 4.90 Å². The Kier molecular flexibility index (Phi) is 7.65. The van der Waals surface area contributed by atoms with Crippen LogP contribution in [0.1, 0.15) is 10.4 Å². The number of halogens is 1. The van der Waals surface area contributed by atoms with Gasteiger partial charge in [0.1, 0.15) is 0 Å². The zero-order chi connectivity index (χ0) is 24.9. The molecule has 0 aliphatic rings. The van der Waals surface area contributed by atoms with E-state index < -0.39 is 26.0 Å². The van der Waals surface area contributed by atoms with Gasteiger partial charge in [-0.2, -0.15) is 0 Å². The van der Waals surface area contributed by atoms with Gasteiger partial charge in [0.05, 0.1) is 29.1 Å². The molecule has 1 amide bonds. The molecular weight excluding hydrogens is 498 g/mol. The third kappa shape index (κ3) is 6.37. The second kappa shape index (κ2) is 10.3. The van der Waals surface area contributed by atoms with Crippen LogP contribution in [0.4, 0.5) is 17.1 Å². The Morgan fingerprint density at radius 1 is 0.971 bits per heavy atom. The number of sulfonamides is 2. The number of carbonyl (C=O) groups excluding carboxylic acids is 1. The average molecular weight is 520 g/mol. The van der Waals surface area contributed by atoms with E-state index in [9.17, 15) is 21.6 Å². The lowest BCUT2D eigenvalue weighted by Crippen LogP contribution is -2.29. The van der Waals surface area contributed by atoms with Gasteiger partial charge in [-0.1, -0.05) is 23.7 Å². The lowest BCUT2D eigenvalue weighted by Gasteiger charge is -2.20. The van der Waals surface area contributed by atoms with E-state index in [-0.39, 0.29) is 11.4 Å². The number of anilines is 3. The van der Waals surface area contributed by atoms with Crippen LogP contribution in [0.5, 0.6) is 0 Å². The second-order valence-corrected chi connectivity index (χ2v) is 11.2. The van der Waals surface area contributed by atoms with E-state index in [4.69, 9.17) is 11.6 Å². The maximum absolute atomic E-state index is 12.6. The van der Waals surface area contributed by atoms with E-state index >= 15 is 0 Å². The molecule has 2 N–H and O–H groups in total. The Bertz CT molecular complexity index is 1410. The summed E-state index contributed by atoms with van der Waals surface area (Å²) in [5, 5.41) is 3.08. The van der Waals surface area contributed by atoms with E-state index in [1.807, 2.05) is 0 Å². The number of hydrogen-bond donors (Lipinski definition) is 2. The van der Waals surface area contributed by atoms with Crippen molar-refractivity contribution in [2.75, 3.05) is 27.1 Å². The van der Waals surface area contributed by atoms with Gasteiger partial charge in [-0.25, -0.2) is 16.8 Å². The lowest BCUT2D eigenvalue weighted by molar-refractivity contribution is 0.102. The molecule has 178 valence electrons. The third-order valence-corrected chi connectivity index (χ3v) is 7.40. The van der Waals surface area contributed by atoms with Crippen LogP contribution in [0.25, 0.3) is 0 Å². The molecule has 0 saturated carbocycles.